The number of benzene rings is 3. The lowest BCUT2D eigenvalue weighted by atomic mass is 10.0. The second kappa shape index (κ2) is 7.36. The number of fused-ring (bicyclic) bond motifs is 3. The minimum atomic E-state index is -0.310. The number of amides is 2. The summed E-state index contributed by atoms with van der Waals surface area (Å²) in [6.45, 7) is 1.88. The van der Waals surface area contributed by atoms with Crippen LogP contribution < -0.4 is 5.32 Å². The summed E-state index contributed by atoms with van der Waals surface area (Å²) >= 11 is 0. The van der Waals surface area contributed by atoms with E-state index in [1.807, 2.05) is 49.4 Å². The van der Waals surface area contributed by atoms with E-state index in [9.17, 15) is 14.4 Å². The zero-order chi connectivity index (χ0) is 20.5. The van der Waals surface area contributed by atoms with Gasteiger partial charge in [0.15, 0.2) is 5.78 Å². The first kappa shape index (κ1) is 18.6. The number of carbonyl (C=O) groups excluding carboxylic acids is 3. The van der Waals surface area contributed by atoms with Gasteiger partial charge in [-0.15, -0.1) is 0 Å². The van der Waals surface area contributed by atoms with Gasteiger partial charge in [-0.3, -0.25) is 14.4 Å². The number of nitrogens with zero attached hydrogens (tertiary/aromatic N) is 1. The number of anilines is 1. The Labute approximate surface area is 169 Å². The molecular weight excluding hydrogens is 364 g/mol. The molecule has 0 unspecified atom stereocenters. The van der Waals surface area contributed by atoms with Gasteiger partial charge in [0.2, 0.25) is 5.91 Å². The molecule has 3 aromatic carbocycles. The molecule has 0 bridgehead atoms. The minimum Gasteiger partial charge on any atom is -0.332 e. The normalized spacial score (nSPS) is 11.6. The number of hydrogen-bond acceptors (Lipinski definition) is 3. The third-order valence-electron chi connectivity index (χ3n) is 5.04. The van der Waals surface area contributed by atoms with Crippen molar-refractivity contribution in [2.24, 2.45) is 0 Å². The van der Waals surface area contributed by atoms with Crippen LogP contribution in [0.25, 0.3) is 11.1 Å². The zero-order valence-electron chi connectivity index (χ0n) is 16.2. The third-order valence-corrected chi connectivity index (χ3v) is 5.04. The highest BCUT2D eigenvalue weighted by Crippen LogP contribution is 2.36. The summed E-state index contributed by atoms with van der Waals surface area (Å²) < 4.78 is 0. The van der Waals surface area contributed by atoms with Crippen LogP contribution in [-0.4, -0.2) is 36.1 Å². The molecule has 0 aliphatic heterocycles. The second-order valence-electron chi connectivity index (χ2n) is 7.21. The summed E-state index contributed by atoms with van der Waals surface area (Å²) in [5.74, 6) is -0.671. The lowest BCUT2D eigenvalue weighted by Crippen LogP contribution is -2.35. The average molecular weight is 384 g/mol. The molecule has 0 saturated heterocycles. The smallest absolute Gasteiger partial charge is 0.254 e. The number of aryl methyl sites for hydroxylation is 1. The van der Waals surface area contributed by atoms with E-state index in [1.165, 1.54) is 4.90 Å². The van der Waals surface area contributed by atoms with Crippen molar-refractivity contribution in [3.8, 4) is 11.1 Å². The van der Waals surface area contributed by atoms with Crippen LogP contribution in [0.3, 0.4) is 0 Å². The Morgan fingerprint density at radius 3 is 2.24 bits per heavy atom. The molecule has 3 aromatic rings. The van der Waals surface area contributed by atoms with E-state index in [0.29, 0.717) is 22.4 Å². The summed E-state index contributed by atoms with van der Waals surface area (Å²) in [6.07, 6.45) is 0. The summed E-state index contributed by atoms with van der Waals surface area (Å²) in [5.41, 5.74) is 5.06. The van der Waals surface area contributed by atoms with Crippen LogP contribution >= 0.6 is 0 Å². The van der Waals surface area contributed by atoms with E-state index in [0.717, 1.165) is 16.7 Å². The van der Waals surface area contributed by atoms with Crippen LogP contribution in [0.2, 0.25) is 0 Å². The molecule has 144 valence electrons. The van der Waals surface area contributed by atoms with Gasteiger partial charge >= 0.3 is 0 Å². The van der Waals surface area contributed by atoms with E-state index in [-0.39, 0.29) is 24.1 Å². The van der Waals surface area contributed by atoms with Crippen LogP contribution in [0, 0.1) is 6.92 Å². The molecule has 0 fully saturated rings. The molecule has 5 heteroatoms. The molecule has 5 nitrogen and oxygen atoms in total. The van der Waals surface area contributed by atoms with Gasteiger partial charge in [-0.1, -0.05) is 48.0 Å². The molecule has 0 atom stereocenters. The Bertz CT molecular complexity index is 1130. The summed E-state index contributed by atoms with van der Waals surface area (Å²) in [7, 11) is 1.57. The standard InChI is InChI=1S/C24H20N2O3/c1-15-7-10-17(11-8-15)25-22(27)14-26(2)24(29)16-9-12-19-18-5-3-4-6-20(18)23(28)21(19)13-16/h3-13H,14H2,1-2H3,(H,25,27). The van der Waals surface area contributed by atoms with Crippen molar-refractivity contribution in [3.05, 3.63) is 89.0 Å². The Hall–Kier alpha value is -3.73. The maximum absolute atomic E-state index is 12.8. The highest BCUT2D eigenvalue weighted by molar-refractivity contribution is 6.22. The van der Waals surface area contributed by atoms with Crippen molar-refractivity contribution in [1.29, 1.82) is 0 Å². The first-order valence-corrected chi connectivity index (χ1v) is 9.34. The molecule has 0 radical (unpaired) electrons. The molecule has 29 heavy (non-hydrogen) atoms. The highest BCUT2D eigenvalue weighted by Gasteiger charge is 2.27. The maximum Gasteiger partial charge on any atom is 0.254 e. The molecule has 2 amide bonds. The van der Waals surface area contributed by atoms with Crippen LogP contribution in [0.4, 0.5) is 5.69 Å². The van der Waals surface area contributed by atoms with Gasteiger partial charge in [-0.05, 0) is 42.3 Å². The third kappa shape index (κ3) is 3.55. The average Bonchev–Trinajstić information content (AvgIpc) is 3.01. The van der Waals surface area contributed by atoms with Crippen molar-refractivity contribution >= 4 is 23.3 Å². The largest absolute Gasteiger partial charge is 0.332 e. The van der Waals surface area contributed by atoms with Crippen LogP contribution in [0.5, 0.6) is 0 Å². The van der Waals surface area contributed by atoms with E-state index in [4.69, 9.17) is 0 Å². The van der Waals surface area contributed by atoms with Gasteiger partial charge in [-0.2, -0.15) is 0 Å². The fraction of sp³-hybridized carbons (Fsp3) is 0.125. The zero-order valence-corrected chi connectivity index (χ0v) is 16.2. The highest BCUT2D eigenvalue weighted by atomic mass is 16.2. The van der Waals surface area contributed by atoms with Crippen LogP contribution in [-0.2, 0) is 4.79 Å². The van der Waals surface area contributed by atoms with Crippen LogP contribution in [0.1, 0.15) is 31.8 Å². The Kier molecular flexibility index (Phi) is 4.72. The fourth-order valence-corrected chi connectivity index (χ4v) is 3.51. The van der Waals surface area contributed by atoms with Crippen LogP contribution in [0.15, 0.2) is 66.7 Å². The molecule has 0 saturated carbocycles. The van der Waals surface area contributed by atoms with E-state index in [2.05, 4.69) is 5.32 Å². The van der Waals surface area contributed by atoms with E-state index >= 15 is 0 Å². The topological polar surface area (TPSA) is 66.5 Å². The lowest BCUT2D eigenvalue weighted by molar-refractivity contribution is -0.116. The Balaban J connectivity index is 1.48. The lowest BCUT2D eigenvalue weighted by Gasteiger charge is -2.17. The molecule has 0 spiro atoms. The predicted molar refractivity (Wildman–Crippen MR) is 112 cm³/mol. The van der Waals surface area contributed by atoms with Crippen molar-refractivity contribution in [3.63, 3.8) is 0 Å². The summed E-state index contributed by atoms with van der Waals surface area (Å²) in [6, 6.07) is 20.0. The number of nitrogens with one attached hydrogen (secondary N) is 1. The predicted octanol–water partition coefficient (Wildman–Crippen LogP) is 3.92. The number of likely N-dealkylation sites (N-methyl/N-ethyl adjacent to an activating group) is 1. The van der Waals surface area contributed by atoms with E-state index < -0.39 is 0 Å². The maximum atomic E-state index is 12.8. The monoisotopic (exact) mass is 384 g/mol. The minimum absolute atomic E-state index is 0.0787. The number of ketones is 1. The molecule has 4 rings (SSSR count). The molecule has 1 aliphatic carbocycles. The van der Waals surface area contributed by atoms with Gasteiger partial charge in [-0.25, -0.2) is 0 Å². The second-order valence-corrected chi connectivity index (χ2v) is 7.21. The molecular formula is C24H20N2O3. The molecule has 0 heterocycles. The number of hydrogen-bond donors (Lipinski definition) is 1. The summed E-state index contributed by atoms with van der Waals surface area (Å²) in [4.78, 5) is 39.1. The van der Waals surface area contributed by atoms with Crippen molar-refractivity contribution in [2.45, 2.75) is 6.92 Å². The van der Waals surface area contributed by atoms with Gasteiger partial charge in [0.25, 0.3) is 5.91 Å². The van der Waals surface area contributed by atoms with E-state index in [1.54, 1.807) is 31.3 Å². The van der Waals surface area contributed by atoms with Gasteiger partial charge in [0.05, 0.1) is 6.54 Å². The first-order chi connectivity index (χ1) is 13.9. The number of carbonyl (C=O) groups is 3. The quantitative estimate of drug-likeness (QED) is 0.580. The molecule has 1 aliphatic rings. The number of rotatable bonds is 4. The summed E-state index contributed by atoms with van der Waals surface area (Å²) in [5, 5.41) is 2.78. The molecule has 0 aromatic heterocycles. The first-order valence-electron chi connectivity index (χ1n) is 9.34. The van der Waals surface area contributed by atoms with Crippen molar-refractivity contribution in [1.82, 2.24) is 4.90 Å². The Morgan fingerprint density at radius 2 is 1.52 bits per heavy atom. The van der Waals surface area contributed by atoms with Crippen molar-refractivity contribution in [2.75, 3.05) is 18.9 Å². The van der Waals surface area contributed by atoms with Gasteiger partial charge < -0.3 is 10.2 Å². The van der Waals surface area contributed by atoms with Gasteiger partial charge in [0, 0.05) is 29.4 Å². The fourth-order valence-electron chi connectivity index (χ4n) is 3.51. The van der Waals surface area contributed by atoms with Gasteiger partial charge in [0.1, 0.15) is 0 Å². The van der Waals surface area contributed by atoms with Crippen molar-refractivity contribution < 1.29 is 14.4 Å². The SMILES string of the molecule is Cc1ccc(NC(=O)CN(C)C(=O)c2ccc3c(c2)C(=O)c2ccccc2-3)cc1. The molecule has 1 N–H and O–H groups in total. The Morgan fingerprint density at radius 1 is 0.862 bits per heavy atom.